The molecule has 1 amide bonds. The van der Waals surface area contributed by atoms with Gasteiger partial charge in [-0.2, -0.15) is 5.26 Å². The minimum Gasteiger partial charge on any atom is -0.444 e. The summed E-state index contributed by atoms with van der Waals surface area (Å²) >= 11 is 0. The van der Waals surface area contributed by atoms with E-state index in [-0.39, 0.29) is 41.8 Å². The third kappa shape index (κ3) is 5.59. The number of fused-ring (bicyclic) bond motifs is 2. The highest BCUT2D eigenvalue weighted by atomic mass is 19.1. The molecule has 36 heavy (non-hydrogen) atoms. The van der Waals surface area contributed by atoms with E-state index in [2.05, 4.69) is 24.9 Å². The molecular weight excluding hydrogens is 457 g/mol. The number of nitriles is 1. The van der Waals surface area contributed by atoms with Crippen molar-refractivity contribution in [3.8, 4) is 6.07 Å². The Labute approximate surface area is 214 Å². The van der Waals surface area contributed by atoms with E-state index in [0.29, 0.717) is 5.56 Å². The highest BCUT2D eigenvalue weighted by Crippen LogP contribution is 2.44. The zero-order valence-corrected chi connectivity index (χ0v) is 22.3. The maximum Gasteiger partial charge on any atom is 0.411 e. The summed E-state index contributed by atoms with van der Waals surface area (Å²) in [6, 6.07) is 7.08. The smallest absolute Gasteiger partial charge is 0.411 e. The Morgan fingerprint density at radius 3 is 2.56 bits per heavy atom. The number of Topliss-reactive ketones (excluding diaryl/α,β-unsaturated/α-hetero) is 1. The summed E-state index contributed by atoms with van der Waals surface area (Å²) in [7, 11) is 2.11. The van der Waals surface area contributed by atoms with Gasteiger partial charge in [-0.3, -0.25) is 9.69 Å². The van der Waals surface area contributed by atoms with Crippen molar-refractivity contribution in [2.75, 3.05) is 20.1 Å². The molecule has 0 radical (unpaired) electrons. The summed E-state index contributed by atoms with van der Waals surface area (Å²) in [5.41, 5.74) is 0.766. The lowest BCUT2D eigenvalue weighted by Crippen LogP contribution is -2.51. The zero-order chi connectivity index (χ0) is 26.3. The first kappa shape index (κ1) is 26.6. The van der Waals surface area contributed by atoms with Crippen LogP contribution in [0.15, 0.2) is 18.2 Å². The minimum atomic E-state index is -0.643. The van der Waals surface area contributed by atoms with E-state index >= 15 is 4.39 Å². The van der Waals surface area contributed by atoms with Gasteiger partial charge in [0.2, 0.25) is 0 Å². The molecule has 1 unspecified atom stereocenters. The van der Waals surface area contributed by atoms with Crippen molar-refractivity contribution >= 4 is 11.9 Å². The highest BCUT2D eigenvalue weighted by molar-refractivity contribution is 5.89. The molecule has 3 aliphatic rings. The average Bonchev–Trinajstić information content (AvgIpc) is 3.42. The van der Waals surface area contributed by atoms with Gasteiger partial charge in [0.05, 0.1) is 18.0 Å². The number of ketones is 1. The lowest BCUT2D eigenvalue weighted by atomic mass is 9.74. The molecule has 4 atom stereocenters. The van der Waals surface area contributed by atoms with E-state index in [1.54, 1.807) is 17.0 Å². The van der Waals surface area contributed by atoms with Crippen LogP contribution >= 0.6 is 0 Å². The molecule has 2 aliphatic heterocycles. The first-order valence-electron chi connectivity index (χ1n) is 13.3. The number of benzene rings is 1. The summed E-state index contributed by atoms with van der Waals surface area (Å²) in [5.74, 6) is -0.955. The Hall–Kier alpha value is -2.46. The molecule has 1 aliphatic carbocycles. The van der Waals surface area contributed by atoms with Gasteiger partial charge in [-0.1, -0.05) is 19.1 Å². The van der Waals surface area contributed by atoms with Crippen LogP contribution in [0.5, 0.6) is 0 Å². The van der Waals surface area contributed by atoms with Crippen molar-refractivity contribution in [3.05, 3.63) is 35.1 Å². The number of nitrogens with zero attached hydrogens (tertiary/aromatic N) is 3. The number of carbonyl (C=O) groups is 2. The molecular formula is C29H40FN3O3. The fraction of sp³-hybridized carbons (Fsp3) is 0.690. The molecule has 2 bridgehead atoms. The highest BCUT2D eigenvalue weighted by Gasteiger charge is 2.52. The first-order chi connectivity index (χ1) is 16.9. The molecule has 1 saturated carbocycles. The maximum atomic E-state index is 15.2. The Kier molecular flexibility index (Phi) is 7.48. The van der Waals surface area contributed by atoms with E-state index < -0.39 is 23.7 Å². The Bertz CT molecular complexity index is 1040. The molecule has 3 fully saturated rings. The third-order valence-corrected chi connectivity index (χ3v) is 8.46. The maximum absolute atomic E-state index is 15.2. The topological polar surface area (TPSA) is 73.6 Å². The lowest BCUT2D eigenvalue weighted by molar-refractivity contribution is -0.126. The van der Waals surface area contributed by atoms with Crippen molar-refractivity contribution in [2.45, 2.75) is 95.7 Å². The van der Waals surface area contributed by atoms with E-state index in [1.807, 2.05) is 26.8 Å². The van der Waals surface area contributed by atoms with E-state index in [0.717, 1.165) is 50.8 Å². The van der Waals surface area contributed by atoms with Gasteiger partial charge in [0.15, 0.2) is 5.78 Å². The molecule has 0 N–H and O–H groups in total. The second-order valence-corrected chi connectivity index (χ2v) is 12.4. The molecule has 2 saturated heterocycles. The quantitative estimate of drug-likeness (QED) is 0.538. The van der Waals surface area contributed by atoms with Gasteiger partial charge >= 0.3 is 6.09 Å². The van der Waals surface area contributed by atoms with Crippen LogP contribution in [0.3, 0.4) is 0 Å². The van der Waals surface area contributed by atoms with Crippen molar-refractivity contribution in [2.24, 2.45) is 11.8 Å². The van der Waals surface area contributed by atoms with E-state index in [1.165, 1.54) is 0 Å². The van der Waals surface area contributed by atoms with Crippen LogP contribution in [0.4, 0.5) is 9.18 Å². The third-order valence-electron chi connectivity index (χ3n) is 8.46. The van der Waals surface area contributed by atoms with Crippen molar-refractivity contribution in [3.63, 3.8) is 0 Å². The van der Waals surface area contributed by atoms with E-state index in [4.69, 9.17) is 4.74 Å². The van der Waals surface area contributed by atoms with Gasteiger partial charge in [0.25, 0.3) is 0 Å². The minimum absolute atomic E-state index is 0.00886. The predicted molar refractivity (Wildman–Crippen MR) is 136 cm³/mol. The number of ether oxygens (including phenoxy) is 1. The molecule has 7 heteroatoms. The zero-order valence-electron chi connectivity index (χ0n) is 22.3. The molecule has 6 nitrogen and oxygen atoms in total. The van der Waals surface area contributed by atoms with E-state index in [9.17, 15) is 14.9 Å². The van der Waals surface area contributed by atoms with Crippen molar-refractivity contribution in [1.82, 2.24) is 9.80 Å². The van der Waals surface area contributed by atoms with Crippen molar-refractivity contribution < 1.29 is 18.7 Å². The van der Waals surface area contributed by atoms with Crippen LogP contribution in [-0.4, -0.2) is 59.5 Å². The standard InChI is InChI=1S/C29H40FN3O3/c1-28(2,3)36-27(35)33-23-9-7-21(16-23)26(33)25(34)15-19(18-31)14-20-6-8-22(17-24(20)30)29(4)10-12-32(5)13-11-29/h6,8,17,19,21,23,26H,7,9-16H2,1-5H3/t19-,21+,23-,26?/m1/s1. The predicted octanol–water partition coefficient (Wildman–Crippen LogP) is 5.24. The van der Waals surface area contributed by atoms with Gasteiger partial charge in [0.1, 0.15) is 11.4 Å². The van der Waals surface area contributed by atoms with Gasteiger partial charge in [-0.15, -0.1) is 0 Å². The SMILES string of the molecule is CN1CCC(C)(c2ccc(C[C@@H](C#N)CC(=O)C3[C@H]4CC[C@H](C4)N3C(=O)OC(C)(C)C)c(F)c2)CC1. The number of rotatable bonds is 6. The number of amides is 1. The first-order valence-corrected chi connectivity index (χ1v) is 13.3. The van der Waals surface area contributed by atoms with Crippen LogP contribution < -0.4 is 0 Å². The summed E-state index contributed by atoms with van der Waals surface area (Å²) in [6.45, 7) is 9.61. The van der Waals surface area contributed by atoms with Gasteiger partial charge in [-0.05, 0) is 108 Å². The Balaban J connectivity index is 1.43. The number of carbonyl (C=O) groups excluding carboxylic acids is 2. The molecule has 0 spiro atoms. The summed E-state index contributed by atoms with van der Waals surface area (Å²) in [5, 5.41) is 9.82. The fourth-order valence-corrected chi connectivity index (χ4v) is 6.26. The number of hydrogen-bond donors (Lipinski definition) is 0. The van der Waals surface area contributed by atoms with Crippen LogP contribution in [-0.2, 0) is 21.4 Å². The number of piperidine rings is 2. The molecule has 2 heterocycles. The number of halogens is 1. The average molecular weight is 498 g/mol. The molecule has 1 aromatic carbocycles. The van der Waals surface area contributed by atoms with Crippen LogP contribution in [0.25, 0.3) is 0 Å². The summed E-state index contributed by atoms with van der Waals surface area (Å²) in [4.78, 5) is 30.2. The molecule has 1 aromatic rings. The second-order valence-electron chi connectivity index (χ2n) is 12.4. The van der Waals surface area contributed by atoms with Crippen molar-refractivity contribution in [1.29, 1.82) is 5.26 Å². The second kappa shape index (κ2) is 10.1. The summed E-state index contributed by atoms with van der Waals surface area (Å²) < 4.78 is 20.8. The van der Waals surface area contributed by atoms with Crippen LogP contribution in [0.1, 0.15) is 77.3 Å². The van der Waals surface area contributed by atoms with Gasteiger partial charge in [0, 0.05) is 12.5 Å². The number of likely N-dealkylation sites (tertiary alicyclic amines) is 2. The van der Waals surface area contributed by atoms with Gasteiger partial charge in [-0.25, -0.2) is 9.18 Å². The number of hydrogen-bond acceptors (Lipinski definition) is 5. The molecule has 0 aromatic heterocycles. The largest absolute Gasteiger partial charge is 0.444 e. The Morgan fingerprint density at radius 1 is 1.25 bits per heavy atom. The normalized spacial score (nSPS) is 26.5. The van der Waals surface area contributed by atoms with Gasteiger partial charge < -0.3 is 9.64 Å². The lowest BCUT2D eigenvalue weighted by Gasteiger charge is -2.38. The Morgan fingerprint density at radius 2 is 1.94 bits per heavy atom. The van der Waals surface area contributed by atoms with Crippen LogP contribution in [0.2, 0.25) is 0 Å². The fourth-order valence-electron chi connectivity index (χ4n) is 6.26. The van der Waals surface area contributed by atoms with Crippen LogP contribution in [0, 0.1) is 29.0 Å². The monoisotopic (exact) mass is 497 g/mol. The summed E-state index contributed by atoms with van der Waals surface area (Å²) in [6.07, 6.45) is 4.29. The molecule has 196 valence electrons. The molecule has 4 rings (SSSR count).